The van der Waals surface area contributed by atoms with Gasteiger partial charge in [0, 0.05) is 28.9 Å². The Labute approximate surface area is 137 Å². The normalized spacial score (nSPS) is 12.4. The van der Waals surface area contributed by atoms with Gasteiger partial charge in [0.25, 0.3) is 5.91 Å². The first-order valence-corrected chi connectivity index (χ1v) is 7.16. The minimum Gasteiger partial charge on any atom is -0.482 e. The van der Waals surface area contributed by atoms with Crippen molar-refractivity contribution in [3.05, 3.63) is 54.2 Å². The molecule has 0 unspecified atom stereocenters. The fourth-order valence-electron chi connectivity index (χ4n) is 2.34. The van der Waals surface area contributed by atoms with Crippen LogP contribution in [0.4, 0.5) is 11.4 Å². The molecule has 0 saturated carbocycles. The number of para-hydroxylation sites is 1. The molecule has 0 bridgehead atoms. The number of carboxylic acids is 1. The van der Waals surface area contributed by atoms with E-state index < -0.39 is 5.97 Å². The van der Waals surface area contributed by atoms with E-state index in [1.54, 1.807) is 24.3 Å². The number of aromatic carboxylic acids is 1. The smallest absolute Gasteiger partial charge is 0.337 e. The summed E-state index contributed by atoms with van der Waals surface area (Å²) in [6.45, 7) is 0.0659. The number of ether oxygens (including phenoxy) is 1. The number of carbonyl (C=O) groups is 2. The molecule has 0 atom stereocenters. The fraction of sp³-hybridized carbons (Fsp3) is 0.0588. The molecule has 0 spiro atoms. The lowest BCUT2D eigenvalue weighted by Crippen LogP contribution is -2.25. The van der Waals surface area contributed by atoms with Crippen molar-refractivity contribution in [1.29, 1.82) is 0 Å². The van der Waals surface area contributed by atoms with Crippen molar-refractivity contribution in [2.75, 3.05) is 17.7 Å². The SMILES string of the molecule is Nc1ccc2c(c1)OCC(=O)N2.O=C(O)c1c[nH]c2ccccc12. The number of aromatic nitrogens is 1. The molecule has 1 aromatic heterocycles. The van der Waals surface area contributed by atoms with Crippen molar-refractivity contribution in [3.63, 3.8) is 0 Å². The first-order chi connectivity index (χ1) is 11.5. The minimum absolute atomic E-state index is 0.0659. The predicted molar refractivity (Wildman–Crippen MR) is 90.2 cm³/mol. The summed E-state index contributed by atoms with van der Waals surface area (Å²) in [5.41, 5.74) is 8.02. The second-order valence-corrected chi connectivity index (χ2v) is 5.15. The molecule has 24 heavy (non-hydrogen) atoms. The number of aromatic amines is 1. The summed E-state index contributed by atoms with van der Waals surface area (Å²) in [7, 11) is 0. The molecule has 2 aromatic carbocycles. The topological polar surface area (TPSA) is 117 Å². The number of anilines is 2. The molecule has 7 nitrogen and oxygen atoms in total. The molecule has 0 radical (unpaired) electrons. The fourth-order valence-corrected chi connectivity index (χ4v) is 2.34. The van der Waals surface area contributed by atoms with Crippen LogP contribution in [-0.4, -0.2) is 28.6 Å². The highest BCUT2D eigenvalue weighted by molar-refractivity contribution is 6.03. The van der Waals surface area contributed by atoms with Crippen LogP contribution >= 0.6 is 0 Å². The van der Waals surface area contributed by atoms with Crippen molar-refractivity contribution >= 4 is 34.2 Å². The highest BCUT2D eigenvalue weighted by atomic mass is 16.5. The van der Waals surface area contributed by atoms with Crippen molar-refractivity contribution in [3.8, 4) is 5.75 Å². The molecule has 1 aliphatic heterocycles. The van der Waals surface area contributed by atoms with Crippen molar-refractivity contribution < 1.29 is 19.4 Å². The molecular weight excluding hydrogens is 310 g/mol. The van der Waals surface area contributed by atoms with Gasteiger partial charge in [-0.1, -0.05) is 18.2 Å². The molecule has 1 aliphatic rings. The van der Waals surface area contributed by atoms with E-state index in [1.807, 2.05) is 18.2 Å². The van der Waals surface area contributed by atoms with E-state index in [0.29, 0.717) is 22.7 Å². The van der Waals surface area contributed by atoms with Crippen molar-refractivity contribution in [2.45, 2.75) is 0 Å². The van der Waals surface area contributed by atoms with Crippen LogP contribution < -0.4 is 15.8 Å². The van der Waals surface area contributed by atoms with Gasteiger partial charge in [0.2, 0.25) is 0 Å². The van der Waals surface area contributed by atoms with Crippen molar-refractivity contribution in [1.82, 2.24) is 4.98 Å². The Morgan fingerprint density at radius 2 is 2.00 bits per heavy atom. The quantitative estimate of drug-likeness (QED) is 0.513. The molecule has 122 valence electrons. The zero-order valence-corrected chi connectivity index (χ0v) is 12.6. The van der Waals surface area contributed by atoms with Crippen LogP contribution in [0.5, 0.6) is 5.75 Å². The summed E-state index contributed by atoms with van der Waals surface area (Å²) in [5.74, 6) is -0.394. The molecule has 1 amide bonds. The highest BCUT2D eigenvalue weighted by Gasteiger charge is 2.14. The van der Waals surface area contributed by atoms with Crippen LogP contribution in [-0.2, 0) is 4.79 Å². The molecule has 7 heteroatoms. The highest BCUT2D eigenvalue weighted by Crippen LogP contribution is 2.29. The molecular formula is C17H15N3O4. The number of carboxylic acid groups (broad SMARTS) is 1. The lowest BCUT2D eigenvalue weighted by molar-refractivity contribution is -0.118. The number of rotatable bonds is 1. The molecule has 0 saturated heterocycles. The standard InChI is InChI=1S/C9H7NO2.C8H8N2O2/c11-9(12)7-5-10-8-4-2-1-3-6(7)8;9-5-1-2-6-7(3-5)12-4-8(11)10-6/h1-5,10H,(H,11,12);1-3H,4,9H2,(H,10,11). The van der Waals surface area contributed by atoms with E-state index in [1.165, 1.54) is 6.20 Å². The number of carbonyl (C=O) groups excluding carboxylic acids is 1. The van der Waals surface area contributed by atoms with E-state index in [4.69, 9.17) is 15.6 Å². The van der Waals surface area contributed by atoms with Gasteiger partial charge in [-0.25, -0.2) is 4.79 Å². The Morgan fingerprint density at radius 3 is 2.79 bits per heavy atom. The Hall–Kier alpha value is -3.48. The maximum absolute atomic E-state index is 10.8. The number of benzene rings is 2. The second-order valence-electron chi connectivity index (χ2n) is 5.15. The first-order valence-electron chi connectivity index (χ1n) is 7.16. The summed E-state index contributed by atoms with van der Waals surface area (Å²) >= 11 is 0. The summed E-state index contributed by atoms with van der Waals surface area (Å²) in [6, 6.07) is 12.5. The first kappa shape index (κ1) is 15.4. The zero-order chi connectivity index (χ0) is 17.1. The van der Waals surface area contributed by atoms with Gasteiger partial charge >= 0.3 is 5.97 Å². The van der Waals surface area contributed by atoms with Crippen LogP contribution in [0.1, 0.15) is 10.4 Å². The molecule has 0 fully saturated rings. The van der Waals surface area contributed by atoms with E-state index in [-0.39, 0.29) is 12.5 Å². The summed E-state index contributed by atoms with van der Waals surface area (Å²) in [5, 5.41) is 12.2. The number of hydrogen-bond donors (Lipinski definition) is 4. The minimum atomic E-state index is -0.896. The zero-order valence-electron chi connectivity index (χ0n) is 12.6. The van der Waals surface area contributed by atoms with Gasteiger partial charge in [0.15, 0.2) is 6.61 Å². The second kappa shape index (κ2) is 6.33. The number of H-pyrrole nitrogens is 1. The molecule has 5 N–H and O–H groups in total. The number of nitrogen functional groups attached to an aromatic ring is 1. The monoisotopic (exact) mass is 325 g/mol. The van der Waals surface area contributed by atoms with Gasteiger partial charge < -0.3 is 25.9 Å². The molecule has 4 rings (SSSR count). The van der Waals surface area contributed by atoms with Crippen LogP contribution in [0.2, 0.25) is 0 Å². The van der Waals surface area contributed by atoms with Crippen LogP contribution in [0.15, 0.2) is 48.7 Å². The lowest BCUT2D eigenvalue weighted by Gasteiger charge is -2.17. The van der Waals surface area contributed by atoms with Gasteiger partial charge in [0.1, 0.15) is 5.75 Å². The Kier molecular flexibility index (Phi) is 4.07. The van der Waals surface area contributed by atoms with Crippen LogP contribution in [0.3, 0.4) is 0 Å². The number of nitrogens with one attached hydrogen (secondary N) is 2. The lowest BCUT2D eigenvalue weighted by atomic mass is 10.2. The van der Waals surface area contributed by atoms with E-state index in [2.05, 4.69) is 10.3 Å². The molecule has 2 heterocycles. The largest absolute Gasteiger partial charge is 0.482 e. The predicted octanol–water partition coefficient (Wildman–Crippen LogP) is 2.47. The average Bonchev–Trinajstić information content (AvgIpc) is 3.00. The number of amides is 1. The Balaban J connectivity index is 0.000000141. The molecule has 0 aliphatic carbocycles. The van der Waals surface area contributed by atoms with Gasteiger partial charge in [0.05, 0.1) is 11.3 Å². The summed E-state index contributed by atoms with van der Waals surface area (Å²) in [4.78, 5) is 24.4. The Morgan fingerprint density at radius 1 is 1.21 bits per heavy atom. The van der Waals surface area contributed by atoms with E-state index in [0.717, 1.165) is 10.9 Å². The third-order valence-electron chi connectivity index (χ3n) is 3.46. The average molecular weight is 325 g/mol. The van der Waals surface area contributed by atoms with Crippen LogP contribution in [0, 0.1) is 0 Å². The number of hydrogen-bond acceptors (Lipinski definition) is 4. The van der Waals surface area contributed by atoms with E-state index in [9.17, 15) is 9.59 Å². The van der Waals surface area contributed by atoms with Crippen LogP contribution in [0.25, 0.3) is 10.9 Å². The third-order valence-corrected chi connectivity index (χ3v) is 3.46. The van der Waals surface area contributed by atoms with Crippen molar-refractivity contribution in [2.24, 2.45) is 0 Å². The van der Waals surface area contributed by atoms with Gasteiger partial charge in [-0.2, -0.15) is 0 Å². The molecule has 3 aromatic rings. The van der Waals surface area contributed by atoms with E-state index >= 15 is 0 Å². The van der Waals surface area contributed by atoms with Gasteiger partial charge in [-0.05, 0) is 18.2 Å². The maximum atomic E-state index is 10.8. The Bertz CT molecular complexity index is 917. The number of nitrogens with two attached hydrogens (primary N) is 1. The maximum Gasteiger partial charge on any atom is 0.337 e. The third kappa shape index (κ3) is 3.14. The summed E-state index contributed by atoms with van der Waals surface area (Å²) < 4.78 is 5.12. The summed E-state index contributed by atoms with van der Waals surface area (Å²) in [6.07, 6.45) is 1.51. The van der Waals surface area contributed by atoms with Gasteiger partial charge in [-0.15, -0.1) is 0 Å². The number of fused-ring (bicyclic) bond motifs is 2. The van der Waals surface area contributed by atoms with Gasteiger partial charge in [-0.3, -0.25) is 4.79 Å².